The zero-order valence-electron chi connectivity index (χ0n) is 23.2. The van der Waals surface area contributed by atoms with Crippen LogP contribution in [0, 0.1) is 12.7 Å². The summed E-state index contributed by atoms with van der Waals surface area (Å²) < 4.78 is 15.6. The van der Waals surface area contributed by atoms with E-state index in [2.05, 4.69) is 30.3 Å². The van der Waals surface area contributed by atoms with Crippen LogP contribution in [-0.4, -0.2) is 58.3 Å². The highest BCUT2D eigenvalue weighted by molar-refractivity contribution is 5.91. The van der Waals surface area contributed by atoms with E-state index in [4.69, 9.17) is 0 Å². The number of unbranched alkanes of at least 4 members (excludes halogenated alkanes) is 2. The lowest BCUT2D eigenvalue weighted by Crippen LogP contribution is -2.48. The van der Waals surface area contributed by atoms with Gasteiger partial charge in [-0.05, 0) is 60.7 Å². The van der Waals surface area contributed by atoms with Crippen LogP contribution in [0.1, 0.15) is 62.9 Å². The molecule has 4 rings (SSSR count). The number of nitrogens with zero attached hydrogens (tertiary/aromatic N) is 5. The number of aromatic nitrogens is 2. The minimum absolute atomic E-state index is 0. The van der Waals surface area contributed by atoms with Crippen molar-refractivity contribution in [3.63, 3.8) is 0 Å². The molecule has 1 aromatic heterocycles. The Balaban J connectivity index is 0.00000420. The van der Waals surface area contributed by atoms with Gasteiger partial charge >= 0.3 is 0 Å². The summed E-state index contributed by atoms with van der Waals surface area (Å²) in [4.78, 5) is 28.3. The van der Waals surface area contributed by atoms with Crippen molar-refractivity contribution in [2.75, 3.05) is 31.6 Å². The number of nitrogens with one attached hydrogen (secondary N) is 1. The molecule has 0 saturated heterocycles. The third-order valence-corrected chi connectivity index (χ3v) is 7.37. The average molecular weight is 539 g/mol. The number of hydrogen-bond acceptors (Lipinski definition) is 5. The third kappa shape index (κ3) is 6.76. The van der Waals surface area contributed by atoms with Crippen LogP contribution in [0.4, 0.5) is 10.1 Å². The summed E-state index contributed by atoms with van der Waals surface area (Å²) in [5.41, 5.74) is 5.69. The number of rotatable bonds is 11. The molecule has 1 aliphatic heterocycles. The number of hydrogen-bond donors (Lipinski definition) is 1. The molecule has 0 aliphatic carbocycles. The van der Waals surface area contributed by atoms with Crippen LogP contribution in [0.15, 0.2) is 30.3 Å². The van der Waals surface area contributed by atoms with Gasteiger partial charge in [0, 0.05) is 50.5 Å². The lowest BCUT2D eigenvalue weighted by molar-refractivity contribution is -0.145. The van der Waals surface area contributed by atoms with E-state index in [0.717, 1.165) is 64.7 Å². The van der Waals surface area contributed by atoms with Gasteiger partial charge in [-0.3, -0.25) is 19.3 Å². The predicted molar refractivity (Wildman–Crippen MR) is 155 cm³/mol. The Labute approximate surface area is 231 Å². The molecule has 1 aliphatic rings. The van der Waals surface area contributed by atoms with Crippen molar-refractivity contribution in [3.8, 4) is 0 Å². The molecule has 0 unspecified atom stereocenters. The van der Waals surface area contributed by atoms with Crippen molar-refractivity contribution >= 4 is 28.4 Å². The van der Waals surface area contributed by atoms with Crippen molar-refractivity contribution in [1.29, 1.82) is 0 Å². The number of halogens is 1. The Morgan fingerprint density at radius 3 is 2.54 bits per heavy atom. The lowest BCUT2D eigenvalue weighted by Gasteiger charge is -2.32. The van der Waals surface area contributed by atoms with Crippen LogP contribution in [0.2, 0.25) is 0 Å². The van der Waals surface area contributed by atoms with Gasteiger partial charge in [-0.25, -0.2) is 9.40 Å². The lowest BCUT2D eigenvalue weighted by atomic mass is 10.1. The highest BCUT2D eigenvalue weighted by Gasteiger charge is 2.28. The van der Waals surface area contributed by atoms with Gasteiger partial charge in [0.05, 0.1) is 18.6 Å². The maximum absolute atomic E-state index is 13.7. The van der Waals surface area contributed by atoms with Gasteiger partial charge < -0.3 is 10.2 Å². The fraction of sp³-hybridized carbons (Fsp3) is 0.500. The highest BCUT2D eigenvalue weighted by atomic mass is 19.1. The molecule has 1 N–H and O–H groups in total. The molecule has 39 heavy (non-hydrogen) atoms. The van der Waals surface area contributed by atoms with Crippen molar-refractivity contribution in [3.05, 3.63) is 58.5 Å². The summed E-state index contributed by atoms with van der Waals surface area (Å²) >= 11 is 0. The fourth-order valence-electron chi connectivity index (χ4n) is 5.19. The van der Waals surface area contributed by atoms with E-state index in [0.29, 0.717) is 19.6 Å². The van der Waals surface area contributed by atoms with Crippen molar-refractivity contribution in [1.82, 2.24) is 25.1 Å². The van der Waals surface area contributed by atoms with E-state index in [1.54, 1.807) is 18.1 Å². The predicted octanol–water partition coefficient (Wildman–Crippen LogP) is 4.72. The molecule has 3 aromatic rings. The number of anilines is 1. The highest BCUT2D eigenvalue weighted by Crippen LogP contribution is 2.29. The second-order valence-electron chi connectivity index (χ2n) is 10.1. The largest absolute Gasteiger partial charge is 0.355 e. The molecule has 0 bridgehead atoms. The Kier molecular flexibility index (Phi) is 10.1. The first-order valence-corrected chi connectivity index (χ1v) is 13.5. The Bertz CT molecular complexity index is 1320. The molecule has 2 heterocycles. The number of hydrazine groups is 1. The molecule has 0 spiro atoms. The molecular formula is C30H43FN6O2. The maximum Gasteiger partial charge on any atom is 0.256 e. The van der Waals surface area contributed by atoms with Gasteiger partial charge in [0.2, 0.25) is 5.91 Å². The zero-order valence-corrected chi connectivity index (χ0v) is 23.2. The van der Waals surface area contributed by atoms with E-state index >= 15 is 0 Å². The van der Waals surface area contributed by atoms with Crippen molar-refractivity contribution in [2.45, 2.75) is 67.0 Å². The number of likely N-dealkylation sites (N-methyl/N-ethyl adjacent to an activating group) is 1. The standard InChI is InChI=1S/C29H39FN6O2.CH4/c1-6-8-9-12-31-28(37)18-35(27-15-25-24(13-20(27)3)26(7-2)33(4)32-25)19-29(38)34(5)36-16-21-10-11-23(30)14-22(21)17-36;/h10-11,13-15H,6-9,12,16-19H2,1-5H3,(H,31,37);1H4. The molecular weight excluding hydrogens is 495 g/mol. The van der Waals surface area contributed by atoms with Crippen LogP contribution >= 0.6 is 0 Å². The summed E-state index contributed by atoms with van der Waals surface area (Å²) in [6, 6.07) is 8.83. The Morgan fingerprint density at radius 2 is 1.82 bits per heavy atom. The first kappa shape index (κ1) is 30.1. The van der Waals surface area contributed by atoms with Crippen LogP contribution < -0.4 is 10.2 Å². The minimum Gasteiger partial charge on any atom is -0.355 e. The zero-order chi connectivity index (χ0) is 27.4. The second-order valence-corrected chi connectivity index (χ2v) is 10.1. The van der Waals surface area contributed by atoms with E-state index in [1.807, 2.05) is 34.6 Å². The number of carbonyl (C=O) groups is 2. The quantitative estimate of drug-likeness (QED) is 0.358. The number of fused-ring (bicyclic) bond motifs is 2. The number of amides is 2. The minimum atomic E-state index is -0.276. The number of aryl methyl sites for hydroxylation is 3. The van der Waals surface area contributed by atoms with Gasteiger partial charge in [-0.15, -0.1) is 0 Å². The van der Waals surface area contributed by atoms with E-state index in [9.17, 15) is 14.0 Å². The fourth-order valence-corrected chi connectivity index (χ4v) is 5.19. The van der Waals surface area contributed by atoms with Crippen molar-refractivity contribution in [2.24, 2.45) is 7.05 Å². The van der Waals surface area contributed by atoms with Crippen LogP contribution in [-0.2, 0) is 36.1 Å². The molecule has 0 fully saturated rings. The molecule has 2 aromatic carbocycles. The molecule has 8 nitrogen and oxygen atoms in total. The van der Waals surface area contributed by atoms with Gasteiger partial charge in [-0.2, -0.15) is 5.10 Å². The molecule has 0 atom stereocenters. The first-order chi connectivity index (χ1) is 18.2. The average Bonchev–Trinajstić information content (AvgIpc) is 3.44. The van der Waals surface area contributed by atoms with Crippen molar-refractivity contribution < 1.29 is 14.0 Å². The summed E-state index contributed by atoms with van der Waals surface area (Å²) in [7, 11) is 3.67. The molecule has 0 radical (unpaired) electrons. The van der Waals surface area contributed by atoms with E-state index in [1.165, 1.54) is 12.1 Å². The SMILES string of the molecule is C.CCCCCNC(=O)CN(CC(=O)N(C)N1Cc2ccc(F)cc2C1)c1cc2nn(C)c(CC)c2cc1C. The number of benzene rings is 2. The monoisotopic (exact) mass is 538 g/mol. The van der Waals surface area contributed by atoms with Gasteiger partial charge in [-0.1, -0.05) is 40.2 Å². The molecule has 2 amide bonds. The molecule has 212 valence electrons. The topological polar surface area (TPSA) is 73.7 Å². The van der Waals surface area contributed by atoms with Crippen LogP contribution in [0.3, 0.4) is 0 Å². The normalized spacial score (nSPS) is 12.8. The summed E-state index contributed by atoms with van der Waals surface area (Å²) in [6.07, 6.45) is 3.93. The van der Waals surface area contributed by atoms with Crippen LogP contribution in [0.5, 0.6) is 0 Å². The van der Waals surface area contributed by atoms with Gasteiger partial charge in [0.15, 0.2) is 0 Å². The number of carbonyl (C=O) groups excluding carboxylic acids is 2. The third-order valence-electron chi connectivity index (χ3n) is 7.37. The van der Waals surface area contributed by atoms with E-state index < -0.39 is 0 Å². The molecule has 0 saturated carbocycles. The summed E-state index contributed by atoms with van der Waals surface area (Å²) in [6.45, 7) is 7.95. The van der Waals surface area contributed by atoms with Gasteiger partial charge in [0.1, 0.15) is 5.82 Å². The summed E-state index contributed by atoms with van der Waals surface area (Å²) in [5.74, 6) is -0.537. The Morgan fingerprint density at radius 1 is 1.08 bits per heavy atom. The summed E-state index contributed by atoms with van der Waals surface area (Å²) in [5, 5.41) is 12.3. The van der Waals surface area contributed by atoms with Crippen LogP contribution in [0.25, 0.3) is 10.9 Å². The van der Waals surface area contributed by atoms with E-state index in [-0.39, 0.29) is 38.1 Å². The Hall–Kier alpha value is -3.46. The first-order valence-electron chi connectivity index (χ1n) is 13.5. The van der Waals surface area contributed by atoms with Gasteiger partial charge in [0.25, 0.3) is 5.91 Å². The smallest absolute Gasteiger partial charge is 0.256 e. The maximum atomic E-state index is 13.7. The second kappa shape index (κ2) is 13.1. The molecule has 9 heteroatoms.